The molecule has 0 spiro atoms. The van der Waals surface area contributed by atoms with Crippen LogP contribution in [0.1, 0.15) is 13.3 Å². The number of hydrogen-bond acceptors (Lipinski definition) is 4. The van der Waals surface area contributed by atoms with E-state index in [2.05, 4.69) is 16.4 Å². The first kappa shape index (κ1) is 11.6. The molecule has 0 amide bonds. The van der Waals surface area contributed by atoms with Gasteiger partial charge in [0, 0.05) is 14.1 Å². The minimum Gasteiger partial charge on any atom is -0.353 e. The van der Waals surface area contributed by atoms with E-state index in [1.807, 2.05) is 0 Å². The summed E-state index contributed by atoms with van der Waals surface area (Å²) >= 11 is 4.66. The van der Waals surface area contributed by atoms with Crippen molar-refractivity contribution in [2.45, 2.75) is 13.3 Å². The number of nitrogens with zero attached hydrogens (tertiary/aromatic N) is 1. The smallest absolute Gasteiger partial charge is 0.311 e. The fraction of sp³-hybridized carbons (Fsp3) is 0.833. The van der Waals surface area contributed by atoms with Gasteiger partial charge in [0.1, 0.15) is 0 Å². The molecule has 0 aromatic rings. The minimum atomic E-state index is -3.46. The normalized spacial score (nSPS) is 10.9. The van der Waals surface area contributed by atoms with Crippen LogP contribution in [-0.4, -0.2) is 38.3 Å². The summed E-state index contributed by atoms with van der Waals surface area (Å²) in [5.41, 5.74) is 0. The van der Waals surface area contributed by atoms with Gasteiger partial charge in [-0.15, -0.1) is 0 Å². The van der Waals surface area contributed by atoms with E-state index in [-0.39, 0.29) is 10.9 Å². The molecular weight excluding hydrogens is 198 g/mol. The molecule has 4 nitrogen and oxygen atoms in total. The first-order valence-electron chi connectivity index (χ1n) is 3.52. The van der Waals surface area contributed by atoms with Crippen molar-refractivity contribution in [3.63, 3.8) is 0 Å². The molecule has 6 heteroatoms. The van der Waals surface area contributed by atoms with Crippen molar-refractivity contribution in [3.8, 4) is 0 Å². The van der Waals surface area contributed by atoms with Gasteiger partial charge >= 0.3 is 10.1 Å². The molecule has 0 aliphatic rings. The molecule has 0 fully saturated rings. The zero-order valence-corrected chi connectivity index (χ0v) is 9.04. The van der Waals surface area contributed by atoms with E-state index in [0.717, 1.165) is 0 Å². The quantitative estimate of drug-likeness (QED) is 0.505. The number of rotatable bonds is 3. The van der Waals surface area contributed by atoms with Crippen LogP contribution < -0.4 is 0 Å². The molecule has 0 saturated carbocycles. The van der Waals surface area contributed by atoms with Gasteiger partial charge in [0.15, 0.2) is 0 Å². The Bertz CT molecular complexity index is 246. The second-order valence-corrected chi connectivity index (χ2v) is 4.54. The standard InChI is InChI=1S/C6H13NO3S2/c1-4-5-12(8,9)10-6(11)7(2)3/h4-5H2,1-3H3. The molecule has 0 rings (SSSR count). The molecule has 0 atom stereocenters. The summed E-state index contributed by atoms with van der Waals surface area (Å²) in [6, 6.07) is 0. The lowest BCUT2D eigenvalue weighted by Crippen LogP contribution is -2.26. The third kappa shape index (κ3) is 4.50. The summed E-state index contributed by atoms with van der Waals surface area (Å²) in [7, 11) is -0.201. The summed E-state index contributed by atoms with van der Waals surface area (Å²) in [5.74, 6) is 0.000972. The second kappa shape index (κ2) is 4.61. The highest BCUT2D eigenvalue weighted by Crippen LogP contribution is 1.99. The van der Waals surface area contributed by atoms with Crippen LogP contribution in [0, 0.1) is 0 Å². The van der Waals surface area contributed by atoms with Gasteiger partial charge in [0.05, 0.1) is 5.75 Å². The van der Waals surface area contributed by atoms with E-state index >= 15 is 0 Å². The Morgan fingerprint density at radius 3 is 2.33 bits per heavy atom. The molecule has 72 valence electrons. The highest BCUT2D eigenvalue weighted by molar-refractivity contribution is 7.88. The monoisotopic (exact) mass is 211 g/mol. The minimum absolute atomic E-state index is 0.000972. The lowest BCUT2D eigenvalue weighted by molar-refractivity contribution is 0.429. The van der Waals surface area contributed by atoms with Crippen LogP contribution in [0.3, 0.4) is 0 Å². The maximum absolute atomic E-state index is 11.0. The Labute approximate surface area is 78.6 Å². The van der Waals surface area contributed by atoms with Crippen LogP contribution in [0.25, 0.3) is 0 Å². The van der Waals surface area contributed by atoms with Gasteiger partial charge in [-0.3, -0.25) is 0 Å². The topological polar surface area (TPSA) is 46.6 Å². The van der Waals surface area contributed by atoms with Crippen molar-refractivity contribution in [2.75, 3.05) is 19.8 Å². The largest absolute Gasteiger partial charge is 0.353 e. The molecule has 0 unspecified atom stereocenters. The van der Waals surface area contributed by atoms with E-state index in [0.29, 0.717) is 6.42 Å². The average molecular weight is 211 g/mol. The van der Waals surface area contributed by atoms with E-state index in [9.17, 15) is 8.42 Å². The van der Waals surface area contributed by atoms with Crippen molar-refractivity contribution in [1.29, 1.82) is 0 Å². The fourth-order valence-corrected chi connectivity index (χ4v) is 1.74. The van der Waals surface area contributed by atoms with Crippen LogP contribution in [0.5, 0.6) is 0 Å². The Balaban J connectivity index is 4.17. The first-order chi connectivity index (χ1) is 5.39. The lowest BCUT2D eigenvalue weighted by Gasteiger charge is -2.13. The van der Waals surface area contributed by atoms with Crippen molar-refractivity contribution in [2.24, 2.45) is 0 Å². The highest BCUT2D eigenvalue weighted by atomic mass is 32.2. The maximum atomic E-state index is 11.0. The van der Waals surface area contributed by atoms with Gasteiger partial charge < -0.3 is 9.08 Å². The molecule has 0 bridgehead atoms. The second-order valence-electron chi connectivity index (χ2n) is 2.51. The number of thiocarbonyl (C=S) groups is 1. The molecular formula is C6H13NO3S2. The molecule has 0 aliphatic carbocycles. The highest BCUT2D eigenvalue weighted by Gasteiger charge is 2.13. The van der Waals surface area contributed by atoms with Gasteiger partial charge in [-0.1, -0.05) is 6.92 Å². The van der Waals surface area contributed by atoms with Crippen LogP contribution in [-0.2, 0) is 14.3 Å². The van der Waals surface area contributed by atoms with Crippen molar-refractivity contribution >= 4 is 27.5 Å². The summed E-state index contributed by atoms with van der Waals surface area (Å²) in [5, 5.41) is -0.0246. The fourth-order valence-electron chi connectivity index (χ4n) is 0.475. The first-order valence-corrected chi connectivity index (χ1v) is 5.51. The Kier molecular flexibility index (Phi) is 4.47. The van der Waals surface area contributed by atoms with E-state index in [1.165, 1.54) is 4.90 Å². The predicted molar refractivity (Wildman–Crippen MR) is 51.4 cm³/mol. The van der Waals surface area contributed by atoms with Crippen molar-refractivity contribution < 1.29 is 12.6 Å². The third-order valence-electron chi connectivity index (χ3n) is 1.02. The van der Waals surface area contributed by atoms with Gasteiger partial charge in [0.25, 0.3) is 5.17 Å². The molecule has 0 heterocycles. The summed E-state index contributed by atoms with van der Waals surface area (Å²) in [6.07, 6.45) is 0.526. The zero-order chi connectivity index (χ0) is 9.78. The molecule has 0 N–H and O–H groups in total. The SMILES string of the molecule is CCCS(=O)(=O)OC(=S)N(C)C. The third-order valence-corrected chi connectivity index (χ3v) is 2.89. The van der Waals surface area contributed by atoms with Crippen LogP contribution in [0.4, 0.5) is 0 Å². The Hall–Kier alpha value is -0.360. The molecule has 0 radical (unpaired) electrons. The average Bonchev–Trinajstić information content (AvgIpc) is 1.85. The van der Waals surface area contributed by atoms with Crippen molar-refractivity contribution in [3.05, 3.63) is 0 Å². The van der Waals surface area contributed by atoms with Crippen LogP contribution >= 0.6 is 12.2 Å². The van der Waals surface area contributed by atoms with Crippen LogP contribution in [0.2, 0.25) is 0 Å². The summed E-state index contributed by atoms with van der Waals surface area (Å²) < 4.78 is 26.6. The summed E-state index contributed by atoms with van der Waals surface area (Å²) in [4.78, 5) is 1.43. The van der Waals surface area contributed by atoms with E-state index < -0.39 is 10.1 Å². The van der Waals surface area contributed by atoms with Gasteiger partial charge in [-0.2, -0.15) is 8.42 Å². The van der Waals surface area contributed by atoms with Gasteiger partial charge in [-0.05, 0) is 18.6 Å². The molecule has 0 aromatic carbocycles. The summed E-state index contributed by atoms with van der Waals surface area (Å²) in [6.45, 7) is 1.76. The van der Waals surface area contributed by atoms with Crippen molar-refractivity contribution in [1.82, 2.24) is 4.90 Å². The van der Waals surface area contributed by atoms with E-state index in [1.54, 1.807) is 21.0 Å². The maximum Gasteiger partial charge on any atom is 0.311 e. The molecule has 0 aromatic heterocycles. The van der Waals surface area contributed by atoms with E-state index in [4.69, 9.17) is 0 Å². The van der Waals surface area contributed by atoms with Gasteiger partial charge in [-0.25, -0.2) is 0 Å². The predicted octanol–water partition coefficient (Wildman–Crippen LogP) is 0.589. The molecule has 12 heavy (non-hydrogen) atoms. The Morgan fingerprint density at radius 2 is 2.00 bits per heavy atom. The molecule has 0 saturated heterocycles. The zero-order valence-electron chi connectivity index (χ0n) is 7.40. The van der Waals surface area contributed by atoms with Gasteiger partial charge in [0.2, 0.25) is 0 Å². The molecule has 0 aliphatic heterocycles. The lowest BCUT2D eigenvalue weighted by atomic mass is 10.6. The Morgan fingerprint density at radius 1 is 1.50 bits per heavy atom. The number of hydrogen-bond donors (Lipinski definition) is 0. The van der Waals surface area contributed by atoms with Crippen LogP contribution in [0.15, 0.2) is 0 Å².